The van der Waals surface area contributed by atoms with Crippen LogP contribution >= 0.6 is 22.6 Å². The standard InChI is InChI=1S/C6H12INO/c1-5-6(7)3-8(2)4-9-5/h5-6H,3-4H2,1-2H3. The molecule has 54 valence electrons. The van der Waals surface area contributed by atoms with Crippen LogP contribution in [0, 0.1) is 0 Å². The van der Waals surface area contributed by atoms with Gasteiger partial charge in [0.05, 0.1) is 12.8 Å². The number of alkyl halides is 1. The van der Waals surface area contributed by atoms with Crippen molar-refractivity contribution >= 4 is 22.6 Å². The van der Waals surface area contributed by atoms with Crippen molar-refractivity contribution in [2.24, 2.45) is 0 Å². The molecule has 0 aliphatic carbocycles. The van der Waals surface area contributed by atoms with E-state index in [1.165, 1.54) is 0 Å². The summed E-state index contributed by atoms with van der Waals surface area (Å²) in [4.78, 5) is 2.19. The second-order valence-electron chi connectivity index (χ2n) is 2.56. The van der Waals surface area contributed by atoms with Crippen molar-refractivity contribution < 1.29 is 4.74 Å². The van der Waals surface area contributed by atoms with E-state index < -0.39 is 0 Å². The minimum Gasteiger partial charge on any atom is -0.362 e. The van der Waals surface area contributed by atoms with E-state index in [9.17, 15) is 0 Å². The van der Waals surface area contributed by atoms with Gasteiger partial charge in [0.2, 0.25) is 0 Å². The Kier molecular flexibility index (Phi) is 2.73. The van der Waals surface area contributed by atoms with E-state index in [0.29, 0.717) is 10.0 Å². The zero-order valence-electron chi connectivity index (χ0n) is 5.80. The summed E-state index contributed by atoms with van der Waals surface area (Å²) in [6.45, 7) is 4.08. The molecule has 0 aromatic rings. The van der Waals surface area contributed by atoms with E-state index in [1.807, 2.05) is 0 Å². The Morgan fingerprint density at radius 1 is 1.67 bits per heavy atom. The van der Waals surface area contributed by atoms with E-state index in [2.05, 4.69) is 41.5 Å². The van der Waals surface area contributed by atoms with Crippen LogP contribution < -0.4 is 0 Å². The predicted octanol–water partition coefficient (Wildman–Crippen LogP) is 1.10. The highest BCUT2D eigenvalue weighted by Crippen LogP contribution is 2.15. The number of rotatable bonds is 0. The minimum atomic E-state index is 0.432. The molecule has 0 N–H and O–H groups in total. The first-order chi connectivity index (χ1) is 4.20. The maximum atomic E-state index is 5.42. The van der Waals surface area contributed by atoms with Crippen LogP contribution in [0.2, 0.25) is 0 Å². The minimum absolute atomic E-state index is 0.432. The number of hydrogen-bond donors (Lipinski definition) is 0. The molecule has 2 unspecified atom stereocenters. The molecule has 0 saturated carbocycles. The highest BCUT2D eigenvalue weighted by Gasteiger charge is 2.21. The normalized spacial score (nSPS) is 39.0. The fourth-order valence-electron chi connectivity index (χ4n) is 0.848. The molecular formula is C6H12INO. The first-order valence-electron chi connectivity index (χ1n) is 3.14. The zero-order chi connectivity index (χ0) is 6.85. The van der Waals surface area contributed by atoms with Crippen molar-refractivity contribution in [3.05, 3.63) is 0 Å². The summed E-state index contributed by atoms with van der Waals surface area (Å²) in [5.41, 5.74) is 0. The molecule has 1 aliphatic rings. The van der Waals surface area contributed by atoms with Crippen molar-refractivity contribution in [3.8, 4) is 0 Å². The van der Waals surface area contributed by atoms with Crippen LogP contribution in [0.1, 0.15) is 6.92 Å². The first kappa shape index (κ1) is 7.75. The Morgan fingerprint density at radius 3 is 2.78 bits per heavy atom. The second-order valence-corrected chi connectivity index (χ2v) is 4.16. The van der Waals surface area contributed by atoms with E-state index in [-0.39, 0.29) is 0 Å². The Morgan fingerprint density at radius 2 is 2.33 bits per heavy atom. The van der Waals surface area contributed by atoms with Gasteiger partial charge < -0.3 is 4.74 Å². The van der Waals surface area contributed by atoms with E-state index in [0.717, 1.165) is 13.3 Å². The number of hydrogen-bond acceptors (Lipinski definition) is 2. The molecule has 0 aromatic heterocycles. The zero-order valence-corrected chi connectivity index (χ0v) is 7.96. The predicted molar refractivity (Wildman–Crippen MR) is 45.9 cm³/mol. The van der Waals surface area contributed by atoms with Crippen molar-refractivity contribution in [1.29, 1.82) is 0 Å². The lowest BCUT2D eigenvalue weighted by Gasteiger charge is -2.31. The van der Waals surface area contributed by atoms with Crippen LogP contribution in [-0.2, 0) is 4.74 Å². The average Bonchev–Trinajstić information content (AvgIpc) is 1.80. The van der Waals surface area contributed by atoms with Gasteiger partial charge in [-0.1, -0.05) is 22.6 Å². The third-order valence-corrected chi connectivity index (χ3v) is 2.96. The number of ether oxygens (including phenoxy) is 1. The van der Waals surface area contributed by atoms with Crippen molar-refractivity contribution in [1.82, 2.24) is 4.90 Å². The molecule has 2 atom stereocenters. The highest BCUT2D eigenvalue weighted by atomic mass is 127. The van der Waals surface area contributed by atoms with Crippen LogP contribution in [-0.4, -0.2) is 35.3 Å². The van der Waals surface area contributed by atoms with E-state index in [4.69, 9.17) is 4.74 Å². The summed E-state index contributed by atoms with van der Waals surface area (Å²) in [7, 11) is 2.08. The van der Waals surface area contributed by atoms with Crippen LogP contribution in [0.15, 0.2) is 0 Å². The molecule has 0 aromatic carbocycles. The van der Waals surface area contributed by atoms with Gasteiger partial charge in [0.1, 0.15) is 0 Å². The summed E-state index contributed by atoms with van der Waals surface area (Å²) in [5.74, 6) is 0. The molecule has 0 spiro atoms. The Labute approximate surface area is 69.7 Å². The van der Waals surface area contributed by atoms with E-state index in [1.54, 1.807) is 0 Å². The van der Waals surface area contributed by atoms with Gasteiger partial charge in [-0.15, -0.1) is 0 Å². The SMILES string of the molecule is CC1OCN(C)CC1I. The molecule has 3 heteroatoms. The smallest absolute Gasteiger partial charge is 0.0992 e. The molecule has 1 saturated heterocycles. The molecule has 0 radical (unpaired) electrons. The largest absolute Gasteiger partial charge is 0.362 e. The van der Waals surface area contributed by atoms with Gasteiger partial charge in [-0.3, -0.25) is 4.90 Å². The molecule has 0 bridgehead atoms. The average molecular weight is 241 g/mol. The summed E-state index contributed by atoms with van der Waals surface area (Å²) >= 11 is 2.43. The quantitative estimate of drug-likeness (QED) is 0.465. The molecule has 2 nitrogen and oxygen atoms in total. The fraction of sp³-hybridized carbons (Fsp3) is 1.00. The maximum Gasteiger partial charge on any atom is 0.0992 e. The summed E-state index contributed by atoms with van der Waals surface area (Å²) < 4.78 is 6.07. The van der Waals surface area contributed by atoms with E-state index >= 15 is 0 Å². The van der Waals surface area contributed by atoms with Crippen LogP contribution in [0.4, 0.5) is 0 Å². The lowest BCUT2D eigenvalue weighted by Crippen LogP contribution is -2.42. The topological polar surface area (TPSA) is 12.5 Å². The maximum absolute atomic E-state index is 5.42. The summed E-state index contributed by atoms with van der Waals surface area (Å²) in [5, 5.41) is 0. The Balaban J connectivity index is 2.35. The lowest BCUT2D eigenvalue weighted by molar-refractivity contribution is -0.0406. The highest BCUT2D eigenvalue weighted by molar-refractivity contribution is 14.1. The monoisotopic (exact) mass is 241 g/mol. The van der Waals surface area contributed by atoms with Gasteiger partial charge in [-0.05, 0) is 14.0 Å². The third-order valence-electron chi connectivity index (χ3n) is 1.55. The third kappa shape index (κ3) is 2.05. The molecular weight excluding hydrogens is 229 g/mol. The molecule has 1 heterocycles. The van der Waals surface area contributed by atoms with Gasteiger partial charge in [-0.2, -0.15) is 0 Å². The molecule has 1 aliphatic heterocycles. The second kappa shape index (κ2) is 3.16. The van der Waals surface area contributed by atoms with Gasteiger partial charge in [0, 0.05) is 10.5 Å². The van der Waals surface area contributed by atoms with Gasteiger partial charge in [-0.25, -0.2) is 0 Å². The lowest BCUT2D eigenvalue weighted by atomic mass is 10.2. The van der Waals surface area contributed by atoms with Crippen molar-refractivity contribution in [2.45, 2.75) is 17.0 Å². The summed E-state index contributed by atoms with van der Waals surface area (Å²) in [6.07, 6.45) is 0.432. The van der Waals surface area contributed by atoms with Crippen LogP contribution in [0.5, 0.6) is 0 Å². The number of halogens is 1. The number of nitrogens with zero attached hydrogens (tertiary/aromatic N) is 1. The van der Waals surface area contributed by atoms with Gasteiger partial charge in [0.15, 0.2) is 0 Å². The van der Waals surface area contributed by atoms with Crippen LogP contribution in [0.25, 0.3) is 0 Å². The van der Waals surface area contributed by atoms with Gasteiger partial charge >= 0.3 is 0 Å². The molecule has 1 fully saturated rings. The molecule has 1 rings (SSSR count). The fourth-order valence-corrected chi connectivity index (χ4v) is 1.73. The Hall–Kier alpha value is 0.650. The summed E-state index contributed by atoms with van der Waals surface area (Å²) in [6, 6.07) is 0. The van der Waals surface area contributed by atoms with Crippen molar-refractivity contribution in [3.63, 3.8) is 0 Å². The molecule has 9 heavy (non-hydrogen) atoms. The molecule has 0 amide bonds. The van der Waals surface area contributed by atoms with Gasteiger partial charge in [0.25, 0.3) is 0 Å². The Bertz CT molecular complexity index is 99.1. The first-order valence-corrected chi connectivity index (χ1v) is 4.39. The van der Waals surface area contributed by atoms with Crippen LogP contribution in [0.3, 0.4) is 0 Å². The van der Waals surface area contributed by atoms with Crippen molar-refractivity contribution in [2.75, 3.05) is 20.3 Å².